The Labute approximate surface area is 95.0 Å². The quantitative estimate of drug-likeness (QED) is 0.676. The first-order valence-corrected chi connectivity index (χ1v) is 3.75. The van der Waals surface area contributed by atoms with Crippen LogP contribution in [0.4, 0.5) is 0 Å². The Morgan fingerprint density at radius 3 is 1.00 bits per heavy atom. The standard InChI is InChI=1S/2C4H8O2.3CH4/c2*1-3-4(5)6-2;;;/h2*3H2,1-2H3;3*1H4. The predicted molar refractivity (Wildman–Crippen MR) is 64.8 cm³/mol. The summed E-state index contributed by atoms with van der Waals surface area (Å²) in [5, 5.41) is 0. The van der Waals surface area contributed by atoms with Gasteiger partial charge in [0.05, 0.1) is 14.2 Å². The minimum absolute atomic E-state index is 0. The highest BCUT2D eigenvalue weighted by Gasteiger charge is 1.88. The van der Waals surface area contributed by atoms with E-state index >= 15 is 0 Å². The molecule has 0 spiro atoms. The van der Waals surface area contributed by atoms with Crippen molar-refractivity contribution in [3.63, 3.8) is 0 Å². The van der Waals surface area contributed by atoms with Crippen LogP contribution in [0.3, 0.4) is 0 Å². The summed E-state index contributed by atoms with van der Waals surface area (Å²) in [5.41, 5.74) is 0. The molecule has 4 nitrogen and oxygen atoms in total. The van der Waals surface area contributed by atoms with E-state index in [0.717, 1.165) is 0 Å². The largest absolute Gasteiger partial charge is 0.469 e. The maximum absolute atomic E-state index is 9.96. The average Bonchev–Trinajstić information content (AvgIpc) is 2.16. The topological polar surface area (TPSA) is 52.6 Å². The second-order valence-corrected chi connectivity index (χ2v) is 1.86. The summed E-state index contributed by atoms with van der Waals surface area (Å²) >= 11 is 0. The monoisotopic (exact) mass is 224 g/mol. The third kappa shape index (κ3) is 32.2. The van der Waals surface area contributed by atoms with E-state index in [1.165, 1.54) is 14.2 Å². The van der Waals surface area contributed by atoms with Crippen molar-refractivity contribution in [1.29, 1.82) is 0 Å². The van der Waals surface area contributed by atoms with Gasteiger partial charge in [-0.1, -0.05) is 36.1 Å². The van der Waals surface area contributed by atoms with Crippen LogP contribution in [-0.4, -0.2) is 26.2 Å². The molecular weight excluding hydrogens is 196 g/mol. The molecule has 15 heavy (non-hydrogen) atoms. The molecular formula is C11H28O4. The van der Waals surface area contributed by atoms with Crippen LogP contribution in [0.25, 0.3) is 0 Å². The Bertz CT molecular complexity index is 105. The number of methoxy groups -OCH3 is 2. The van der Waals surface area contributed by atoms with Gasteiger partial charge in [0.1, 0.15) is 0 Å². The van der Waals surface area contributed by atoms with E-state index in [4.69, 9.17) is 0 Å². The number of carbonyl (C=O) groups is 2. The van der Waals surface area contributed by atoms with Crippen molar-refractivity contribution < 1.29 is 19.1 Å². The first kappa shape index (κ1) is 29.2. The van der Waals surface area contributed by atoms with Crippen LogP contribution in [0.15, 0.2) is 0 Å². The van der Waals surface area contributed by atoms with Gasteiger partial charge >= 0.3 is 11.9 Å². The molecule has 4 heteroatoms. The van der Waals surface area contributed by atoms with Crippen LogP contribution >= 0.6 is 0 Å². The molecule has 0 aromatic rings. The van der Waals surface area contributed by atoms with Gasteiger partial charge in [-0.25, -0.2) is 0 Å². The summed E-state index contributed by atoms with van der Waals surface area (Å²) in [6.07, 6.45) is 0.938. The summed E-state index contributed by atoms with van der Waals surface area (Å²) in [5.74, 6) is -0.315. The molecule has 0 saturated heterocycles. The van der Waals surface area contributed by atoms with Gasteiger partial charge in [0, 0.05) is 12.8 Å². The molecule has 0 N–H and O–H groups in total. The molecule has 0 saturated carbocycles. The van der Waals surface area contributed by atoms with Crippen LogP contribution in [0.2, 0.25) is 0 Å². The van der Waals surface area contributed by atoms with Crippen LogP contribution < -0.4 is 0 Å². The third-order valence-corrected chi connectivity index (χ3v) is 1.03. The molecule has 0 aromatic heterocycles. The van der Waals surface area contributed by atoms with E-state index in [-0.39, 0.29) is 34.2 Å². The molecule has 0 aromatic carbocycles. The van der Waals surface area contributed by atoms with Crippen molar-refractivity contribution in [2.45, 2.75) is 49.0 Å². The summed E-state index contributed by atoms with van der Waals surface area (Å²) in [6.45, 7) is 3.51. The Morgan fingerprint density at radius 1 is 0.800 bits per heavy atom. The Balaban J connectivity index is -0.0000000370. The molecule has 0 bridgehead atoms. The maximum atomic E-state index is 9.96. The lowest BCUT2D eigenvalue weighted by molar-refractivity contribution is -0.141. The average molecular weight is 224 g/mol. The van der Waals surface area contributed by atoms with Gasteiger partial charge < -0.3 is 9.47 Å². The molecule has 0 aliphatic carbocycles. The van der Waals surface area contributed by atoms with E-state index in [2.05, 4.69) is 9.47 Å². The maximum Gasteiger partial charge on any atom is 0.305 e. The smallest absolute Gasteiger partial charge is 0.305 e. The first-order valence-electron chi connectivity index (χ1n) is 3.75. The highest BCUT2D eigenvalue weighted by Crippen LogP contribution is 1.76. The number of ether oxygens (including phenoxy) is 2. The van der Waals surface area contributed by atoms with Gasteiger partial charge in [-0.2, -0.15) is 0 Å². The fraction of sp³-hybridized carbons (Fsp3) is 0.818. The normalized spacial score (nSPS) is 6.13. The first-order chi connectivity index (χ1) is 5.62. The number of hydrogen-bond donors (Lipinski definition) is 0. The predicted octanol–water partition coefficient (Wildman–Crippen LogP) is 3.05. The van der Waals surface area contributed by atoms with Gasteiger partial charge in [-0.3, -0.25) is 9.59 Å². The molecule has 0 aliphatic rings. The van der Waals surface area contributed by atoms with E-state index < -0.39 is 0 Å². The Morgan fingerprint density at radius 2 is 1.00 bits per heavy atom. The lowest BCUT2D eigenvalue weighted by atomic mass is 10.5. The summed E-state index contributed by atoms with van der Waals surface area (Å²) in [4.78, 5) is 19.9. The zero-order chi connectivity index (χ0) is 9.98. The number of rotatable bonds is 2. The lowest BCUT2D eigenvalue weighted by Gasteiger charge is -1.87. The molecule has 0 heterocycles. The van der Waals surface area contributed by atoms with Crippen molar-refractivity contribution >= 4 is 11.9 Å². The lowest BCUT2D eigenvalue weighted by Crippen LogP contribution is -1.94. The molecule has 96 valence electrons. The molecule has 0 unspecified atom stereocenters. The van der Waals surface area contributed by atoms with Crippen LogP contribution in [0.5, 0.6) is 0 Å². The van der Waals surface area contributed by atoms with Gasteiger partial charge in [-0.15, -0.1) is 0 Å². The number of esters is 2. The summed E-state index contributed by atoms with van der Waals surface area (Å²) in [7, 11) is 2.76. The van der Waals surface area contributed by atoms with E-state index in [9.17, 15) is 9.59 Å². The fourth-order valence-corrected chi connectivity index (χ4v) is 0.289. The highest BCUT2D eigenvalue weighted by atomic mass is 16.5. The highest BCUT2D eigenvalue weighted by molar-refractivity contribution is 5.68. The van der Waals surface area contributed by atoms with Crippen molar-refractivity contribution in [2.75, 3.05) is 14.2 Å². The van der Waals surface area contributed by atoms with Gasteiger partial charge in [-0.05, 0) is 0 Å². The van der Waals surface area contributed by atoms with Crippen molar-refractivity contribution in [2.24, 2.45) is 0 Å². The molecule has 0 rings (SSSR count). The Kier molecular flexibility index (Phi) is 44.9. The van der Waals surface area contributed by atoms with Crippen LogP contribution in [0, 0.1) is 0 Å². The van der Waals surface area contributed by atoms with Gasteiger partial charge in [0.25, 0.3) is 0 Å². The fourth-order valence-electron chi connectivity index (χ4n) is 0.289. The Hall–Kier alpha value is -1.06. The second kappa shape index (κ2) is 23.1. The third-order valence-electron chi connectivity index (χ3n) is 1.03. The molecule has 0 atom stereocenters. The van der Waals surface area contributed by atoms with Gasteiger partial charge in [0.15, 0.2) is 0 Å². The molecule has 0 amide bonds. The zero-order valence-electron chi connectivity index (χ0n) is 8.05. The van der Waals surface area contributed by atoms with Crippen molar-refractivity contribution in [3.05, 3.63) is 0 Å². The van der Waals surface area contributed by atoms with Crippen molar-refractivity contribution in [3.8, 4) is 0 Å². The van der Waals surface area contributed by atoms with E-state index in [1.54, 1.807) is 13.8 Å². The minimum atomic E-state index is -0.157. The molecule has 0 aliphatic heterocycles. The number of hydrogen-bond acceptors (Lipinski definition) is 4. The van der Waals surface area contributed by atoms with E-state index in [1.807, 2.05) is 0 Å². The molecule has 0 fully saturated rings. The number of carbonyl (C=O) groups excluding carboxylic acids is 2. The van der Waals surface area contributed by atoms with Crippen LogP contribution in [0.1, 0.15) is 49.0 Å². The summed E-state index contributed by atoms with van der Waals surface area (Å²) in [6, 6.07) is 0. The van der Waals surface area contributed by atoms with Crippen molar-refractivity contribution in [1.82, 2.24) is 0 Å². The van der Waals surface area contributed by atoms with E-state index in [0.29, 0.717) is 12.8 Å². The summed E-state index contributed by atoms with van der Waals surface area (Å²) < 4.78 is 8.52. The van der Waals surface area contributed by atoms with Crippen LogP contribution in [-0.2, 0) is 19.1 Å². The zero-order valence-corrected chi connectivity index (χ0v) is 8.05. The SMILES string of the molecule is C.C.C.CCC(=O)OC.CCC(=O)OC. The van der Waals surface area contributed by atoms with Gasteiger partial charge in [0.2, 0.25) is 0 Å². The minimum Gasteiger partial charge on any atom is -0.469 e. The second-order valence-electron chi connectivity index (χ2n) is 1.86. The molecule has 0 radical (unpaired) electrons.